The van der Waals surface area contributed by atoms with Crippen molar-refractivity contribution in [3.05, 3.63) is 76.9 Å². The monoisotopic (exact) mass is 444 g/mol. The summed E-state index contributed by atoms with van der Waals surface area (Å²) in [5.74, 6) is 1.79. The van der Waals surface area contributed by atoms with Crippen LogP contribution in [-0.4, -0.2) is 6.36 Å². The molecule has 1 aliphatic rings. The van der Waals surface area contributed by atoms with E-state index >= 15 is 0 Å². The van der Waals surface area contributed by atoms with Crippen molar-refractivity contribution in [1.29, 1.82) is 0 Å². The number of halogens is 5. The zero-order valence-electron chi connectivity index (χ0n) is 17.4. The second kappa shape index (κ2) is 8.82. The minimum atomic E-state index is -5.18. The predicted molar refractivity (Wildman–Crippen MR) is 113 cm³/mol. The third-order valence-corrected chi connectivity index (χ3v) is 5.90. The van der Waals surface area contributed by atoms with Crippen LogP contribution in [-0.2, 0) is 6.42 Å². The number of hydrogen-bond donors (Lipinski definition) is 0. The van der Waals surface area contributed by atoms with Crippen molar-refractivity contribution in [2.24, 2.45) is 5.92 Å². The van der Waals surface area contributed by atoms with Gasteiger partial charge in [-0.1, -0.05) is 61.6 Å². The summed E-state index contributed by atoms with van der Waals surface area (Å²) in [4.78, 5) is 0. The molecule has 0 heterocycles. The predicted octanol–water partition coefficient (Wildman–Crippen LogP) is 7.51. The molecule has 6 heteroatoms. The number of aryl methyl sites for hydroxylation is 1. The maximum atomic E-state index is 14.1. The SMILES string of the molecule is CCCC1CCc2c(ccc3ccccc23)C1C#Cc1cc(F)c(OC(F)(F)F)c(F)c1. The Bertz CT molecular complexity index is 1180. The Morgan fingerprint density at radius 1 is 1.03 bits per heavy atom. The standard InChI is InChI=1S/C26H21F5O/c1-2-5-17-9-12-21-19-7-4-3-6-18(19)10-13-22(21)20(17)11-8-16-14-23(27)25(24(28)15-16)32-26(29,30)31/h3-4,6-7,10,13-15,17,20H,2,5,9,12H2,1H3. The van der Waals surface area contributed by atoms with Gasteiger partial charge in [0.2, 0.25) is 5.75 Å². The van der Waals surface area contributed by atoms with Gasteiger partial charge in [-0.05, 0) is 59.2 Å². The molecule has 0 fully saturated rings. The molecule has 0 saturated heterocycles. The summed E-state index contributed by atoms with van der Waals surface area (Å²) in [6.07, 6.45) is -1.34. The fourth-order valence-corrected chi connectivity index (χ4v) is 4.56. The van der Waals surface area contributed by atoms with Gasteiger partial charge in [0.05, 0.1) is 0 Å². The topological polar surface area (TPSA) is 9.23 Å². The molecule has 0 aliphatic heterocycles. The highest BCUT2D eigenvalue weighted by Crippen LogP contribution is 2.41. The van der Waals surface area contributed by atoms with E-state index in [2.05, 4.69) is 47.8 Å². The second-order valence-corrected chi connectivity index (χ2v) is 8.01. The number of hydrogen-bond acceptors (Lipinski definition) is 1. The Hall–Kier alpha value is -3.07. The first kappa shape index (κ1) is 22.1. The molecule has 32 heavy (non-hydrogen) atoms. The van der Waals surface area contributed by atoms with Crippen LogP contribution < -0.4 is 4.74 Å². The zero-order chi connectivity index (χ0) is 22.9. The van der Waals surface area contributed by atoms with Crippen molar-refractivity contribution < 1.29 is 26.7 Å². The first-order chi connectivity index (χ1) is 15.3. The van der Waals surface area contributed by atoms with Crippen LogP contribution in [0.2, 0.25) is 0 Å². The largest absolute Gasteiger partial charge is 0.573 e. The maximum Gasteiger partial charge on any atom is 0.573 e. The summed E-state index contributed by atoms with van der Waals surface area (Å²) in [6, 6.07) is 13.8. The zero-order valence-corrected chi connectivity index (χ0v) is 17.4. The summed E-state index contributed by atoms with van der Waals surface area (Å²) in [6.45, 7) is 2.10. The van der Waals surface area contributed by atoms with Gasteiger partial charge in [-0.25, -0.2) is 8.78 Å². The van der Waals surface area contributed by atoms with Gasteiger partial charge < -0.3 is 4.74 Å². The molecular formula is C26H21F5O. The van der Waals surface area contributed by atoms with Gasteiger partial charge in [0.25, 0.3) is 0 Å². The molecule has 4 rings (SSSR count). The summed E-state index contributed by atoms with van der Waals surface area (Å²) in [5, 5.41) is 2.33. The summed E-state index contributed by atoms with van der Waals surface area (Å²) < 4.78 is 68.8. The molecule has 2 atom stereocenters. The van der Waals surface area contributed by atoms with Crippen molar-refractivity contribution in [3.63, 3.8) is 0 Å². The average molecular weight is 444 g/mol. The number of rotatable bonds is 3. The van der Waals surface area contributed by atoms with Crippen LogP contribution in [0.3, 0.4) is 0 Å². The van der Waals surface area contributed by atoms with E-state index in [0.29, 0.717) is 5.92 Å². The van der Waals surface area contributed by atoms with Gasteiger partial charge in [0.1, 0.15) is 0 Å². The van der Waals surface area contributed by atoms with Gasteiger partial charge in [-0.3, -0.25) is 0 Å². The van der Waals surface area contributed by atoms with E-state index in [1.165, 1.54) is 10.9 Å². The van der Waals surface area contributed by atoms with E-state index in [-0.39, 0.29) is 11.5 Å². The van der Waals surface area contributed by atoms with Crippen molar-refractivity contribution >= 4 is 10.8 Å². The molecule has 0 saturated carbocycles. The average Bonchev–Trinajstić information content (AvgIpc) is 2.74. The molecule has 3 aromatic carbocycles. The molecule has 2 unspecified atom stereocenters. The number of benzene rings is 3. The summed E-state index contributed by atoms with van der Waals surface area (Å²) in [7, 11) is 0. The van der Waals surface area contributed by atoms with Crippen molar-refractivity contribution in [3.8, 4) is 17.6 Å². The highest BCUT2D eigenvalue weighted by atomic mass is 19.4. The highest BCUT2D eigenvalue weighted by Gasteiger charge is 2.34. The lowest BCUT2D eigenvalue weighted by molar-refractivity contribution is -0.276. The van der Waals surface area contributed by atoms with E-state index in [4.69, 9.17) is 0 Å². The molecular weight excluding hydrogens is 423 g/mol. The van der Waals surface area contributed by atoms with Crippen LogP contribution in [0.4, 0.5) is 22.0 Å². The lowest BCUT2D eigenvalue weighted by atomic mass is 9.72. The molecule has 0 aromatic heterocycles. The van der Waals surface area contributed by atoms with Gasteiger partial charge in [0, 0.05) is 11.5 Å². The van der Waals surface area contributed by atoms with Gasteiger partial charge in [-0.2, -0.15) is 0 Å². The van der Waals surface area contributed by atoms with Crippen molar-refractivity contribution in [2.45, 2.75) is 44.9 Å². The number of ether oxygens (including phenoxy) is 1. The van der Waals surface area contributed by atoms with Crippen LogP contribution in [0, 0.1) is 29.4 Å². The summed E-state index contributed by atoms with van der Waals surface area (Å²) in [5.41, 5.74) is 2.32. The van der Waals surface area contributed by atoms with Crippen LogP contribution in [0.5, 0.6) is 5.75 Å². The number of alkyl halides is 3. The van der Waals surface area contributed by atoms with Crippen molar-refractivity contribution in [1.82, 2.24) is 0 Å². The Morgan fingerprint density at radius 3 is 2.44 bits per heavy atom. The molecule has 0 spiro atoms. The Labute approximate surface area is 183 Å². The number of fused-ring (bicyclic) bond motifs is 3. The van der Waals surface area contributed by atoms with Crippen molar-refractivity contribution in [2.75, 3.05) is 0 Å². The van der Waals surface area contributed by atoms with E-state index in [1.54, 1.807) is 0 Å². The van der Waals surface area contributed by atoms with E-state index in [0.717, 1.165) is 48.8 Å². The minimum Gasteiger partial charge on any atom is -0.399 e. The van der Waals surface area contributed by atoms with Gasteiger partial charge in [-0.15, -0.1) is 13.2 Å². The Kier molecular flexibility index (Phi) is 6.10. The quantitative estimate of drug-likeness (QED) is 0.300. The van der Waals surface area contributed by atoms with Crippen LogP contribution in [0.1, 0.15) is 48.8 Å². The highest BCUT2D eigenvalue weighted by molar-refractivity contribution is 5.87. The lowest BCUT2D eigenvalue weighted by Crippen LogP contribution is -2.20. The second-order valence-electron chi connectivity index (χ2n) is 8.01. The molecule has 0 amide bonds. The molecule has 3 aromatic rings. The maximum absolute atomic E-state index is 14.1. The smallest absolute Gasteiger partial charge is 0.399 e. The Balaban J connectivity index is 1.73. The molecule has 1 nitrogen and oxygen atoms in total. The third-order valence-electron chi connectivity index (χ3n) is 5.90. The van der Waals surface area contributed by atoms with E-state index < -0.39 is 23.7 Å². The van der Waals surface area contributed by atoms with Gasteiger partial charge in [0.15, 0.2) is 11.6 Å². The van der Waals surface area contributed by atoms with Crippen LogP contribution in [0.15, 0.2) is 48.5 Å². The van der Waals surface area contributed by atoms with Crippen LogP contribution >= 0.6 is 0 Å². The third kappa shape index (κ3) is 4.57. The lowest BCUT2D eigenvalue weighted by Gasteiger charge is -2.31. The Morgan fingerprint density at radius 2 is 1.75 bits per heavy atom. The van der Waals surface area contributed by atoms with Crippen LogP contribution in [0.25, 0.3) is 10.8 Å². The summed E-state index contributed by atoms with van der Waals surface area (Å²) >= 11 is 0. The molecule has 166 valence electrons. The fourth-order valence-electron chi connectivity index (χ4n) is 4.56. The first-order valence-electron chi connectivity index (χ1n) is 10.5. The molecule has 1 aliphatic carbocycles. The van der Waals surface area contributed by atoms with E-state index in [9.17, 15) is 22.0 Å². The normalized spacial score (nSPS) is 18.1. The molecule has 0 N–H and O–H groups in total. The van der Waals surface area contributed by atoms with E-state index in [1.807, 2.05) is 12.1 Å². The fraction of sp³-hybridized carbons (Fsp3) is 0.308. The first-order valence-corrected chi connectivity index (χ1v) is 10.5. The van der Waals surface area contributed by atoms with Gasteiger partial charge >= 0.3 is 6.36 Å². The molecule has 0 radical (unpaired) electrons. The minimum absolute atomic E-state index is 0.0299. The molecule has 0 bridgehead atoms.